The van der Waals surface area contributed by atoms with Crippen LogP contribution in [0.25, 0.3) is 0 Å². The molecule has 118 valence electrons. The predicted molar refractivity (Wildman–Crippen MR) is 91.4 cm³/mol. The molecule has 5 nitrogen and oxygen atoms in total. The Labute approximate surface area is 136 Å². The second kappa shape index (κ2) is 6.40. The van der Waals surface area contributed by atoms with Crippen LogP contribution in [0.5, 0.6) is 5.75 Å². The van der Waals surface area contributed by atoms with Crippen molar-refractivity contribution < 1.29 is 4.74 Å². The van der Waals surface area contributed by atoms with Gasteiger partial charge in [-0.25, -0.2) is 9.97 Å². The molecule has 22 heavy (non-hydrogen) atoms. The summed E-state index contributed by atoms with van der Waals surface area (Å²) in [5.74, 6) is 2.82. The van der Waals surface area contributed by atoms with Crippen LogP contribution in [-0.2, 0) is 0 Å². The van der Waals surface area contributed by atoms with Gasteiger partial charge >= 0.3 is 0 Å². The normalized spacial score (nSPS) is 11.2. The lowest BCUT2D eigenvalue weighted by atomic mass is 10.1. The number of halogens is 1. The predicted octanol–water partition coefficient (Wildman–Crippen LogP) is 4.40. The molecule has 0 spiro atoms. The molecular weight excluding hydrogens is 300 g/mol. The topological polar surface area (TPSA) is 59.1 Å². The van der Waals surface area contributed by atoms with Gasteiger partial charge in [-0.05, 0) is 45.9 Å². The largest absolute Gasteiger partial charge is 0.495 e. The van der Waals surface area contributed by atoms with E-state index in [0.717, 1.165) is 11.5 Å². The Morgan fingerprint density at radius 3 is 2.36 bits per heavy atom. The Bertz CT molecular complexity index is 668. The van der Waals surface area contributed by atoms with Gasteiger partial charge in [-0.2, -0.15) is 0 Å². The average Bonchev–Trinajstić information content (AvgIpc) is 2.36. The SMILES string of the molecule is COc1ccc(Nc2cc(NC(C)(C)C)nc(C)n2)cc1Cl. The van der Waals surface area contributed by atoms with Crippen LogP contribution in [0.3, 0.4) is 0 Å². The van der Waals surface area contributed by atoms with Gasteiger partial charge in [0.15, 0.2) is 0 Å². The Morgan fingerprint density at radius 1 is 1.09 bits per heavy atom. The molecule has 2 rings (SSSR count). The van der Waals surface area contributed by atoms with E-state index in [4.69, 9.17) is 16.3 Å². The van der Waals surface area contributed by atoms with Gasteiger partial charge in [0.05, 0.1) is 12.1 Å². The number of nitrogens with zero attached hydrogens (tertiary/aromatic N) is 2. The zero-order valence-corrected chi connectivity index (χ0v) is 14.2. The molecule has 0 unspecified atom stereocenters. The molecule has 0 radical (unpaired) electrons. The van der Waals surface area contributed by atoms with Crippen molar-refractivity contribution in [1.82, 2.24) is 9.97 Å². The lowest BCUT2D eigenvalue weighted by Gasteiger charge is -2.21. The third kappa shape index (κ3) is 4.49. The number of aromatic nitrogens is 2. The first-order valence-corrected chi connectivity index (χ1v) is 7.39. The van der Waals surface area contributed by atoms with Crippen LogP contribution in [0.4, 0.5) is 17.3 Å². The van der Waals surface area contributed by atoms with E-state index >= 15 is 0 Å². The number of ether oxygens (including phenoxy) is 1. The van der Waals surface area contributed by atoms with Crippen molar-refractivity contribution in [3.8, 4) is 5.75 Å². The maximum atomic E-state index is 6.14. The van der Waals surface area contributed by atoms with E-state index in [-0.39, 0.29) is 5.54 Å². The highest BCUT2D eigenvalue weighted by Crippen LogP contribution is 2.29. The first-order valence-electron chi connectivity index (χ1n) is 7.01. The van der Waals surface area contributed by atoms with Crippen LogP contribution in [0, 0.1) is 6.92 Å². The van der Waals surface area contributed by atoms with Crippen molar-refractivity contribution in [2.75, 3.05) is 17.7 Å². The van der Waals surface area contributed by atoms with Crippen molar-refractivity contribution in [2.24, 2.45) is 0 Å². The molecule has 6 heteroatoms. The monoisotopic (exact) mass is 320 g/mol. The van der Waals surface area contributed by atoms with E-state index in [2.05, 4.69) is 41.4 Å². The molecule has 0 fully saturated rings. The van der Waals surface area contributed by atoms with Gasteiger partial charge in [0.1, 0.15) is 23.2 Å². The minimum absolute atomic E-state index is 0.0680. The molecule has 0 saturated carbocycles. The van der Waals surface area contributed by atoms with Gasteiger partial charge in [-0.1, -0.05) is 11.6 Å². The van der Waals surface area contributed by atoms with Crippen molar-refractivity contribution in [3.63, 3.8) is 0 Å². The molecule has 0 saturated heterocycles. The number of nitrogens with one attached hydrogen (secondary N) is 2. The second-order valence-electron chi connectivity index (χ2n) is 6.03. The number of rotatable bonds is 4. The Hall–Kier alpha value is -2.01. The quantitative estimate of drug-likeness (QED) is 0.874. The summed E-state index contributed by atoms with van der Waals surface area (Å²) in [6.45, 7) is 8.11. The van der Waals surface area contributed by atoms with Crippen LogP contribution in [-0.4, -0.2) is 22.6 Å². The van der Waals surface area contributed by atoms with Crippen LogP contribution in [0.15, 0.2) is 24.3 Å². The zero-order chi connectivity index (χ0) is 16.3. The summed E-state index contributed by atoms with van der Waals surface area (Å²) in [5, 5.41) is 7.12. The highest BCUT2D eigenvalue weighted by molar-refractivity contribution is 6.32. The van der Waals surface area contributed by atoms with Crippen LogP contribution in [0.2, 0.25) is 5.02 Å². The molecule has 2 aromatic rings. The standard InChI is InChI=1S/C16H21ClN4O/c1-10-18-14(9-15(19-10)21-16(2,3)4)20-11-6-7-13(22-5)12(17)8-11/h6-9H,1-5H3,(H2,18,19,20,21). The van der Waals surface area contributed by atoms with Gasteiger partial charge in [-0.3, -0.25) is 0 Å². The number of hydrogen-bond acceptors (Lipinski definition) is 5. The van der Waals surface area contributed by atoms with Crippen molar-refractivity contribution in [3.05, 3.63) is 35.1 Å². The van der Waals surface area contributed by atoms with Crippen LogP contribution >= 0.6 is 11.6 Å². The first-order chi connectivity index (χ1) is 10.3. The molecule has 0 aliphatic rings. The third-order valence-electron chi connectivity index (χ3n) is 2.77. The van der Waals surface area contributed by atoms with Gasteiger partial charge in [0.25, 0.3) is 0 Å². The fraction of sp³-hybridized carbons (Fsp3) is 0.375. The summed E-state index contributed by atoms with van der Waals surface area (Å²) in [6.07, 6.45) is 0. The maximum Gasteiger partial charge on any atom is 0.137 e. The molecule has 0 amide bonds. The molecular formula is C16H21ClN4O. The summed E-state index contributed by atoms with van der Waals surface area (Å²) in [7, 11) is 1.59. The Morgan fingerprint density at radius 2 is 1.77 bits per heavy atom. The number of hydrogen-bond donors (Lipinski definition) is 2. The molecule has 0 aliphatic heterocycles. The molecule has 1 heterocycles. The van der Waals surface area contributed by atoms with Crippen molar-refractivity contribution in [1.29, 1.82) is 0 Å². The van der Waals surface area contributed by atoms with E-state index in [1.807, 2.05) is 25.1 Å². The summed E-state index contributed by atoms with van der Waals surface area (Å²) < 4.78 is 5.15. The minimum Gasteiger partial charge on any atom is -0.495 e. The summed E-state index contributed by atoms with van der Waals surface area (Å²) in [6, 6.07) is 7.37. The highest BCUT2D eigenvalue weighted by Gasteiger charge is 2.12. The number of methoxy groups -OCH3 is 1. The molecule has 0 bridgehead atoms. The summed E-state index contributed by atoms with van der Waals surface area (Å²) in [4.78, 5) is 8.79. The van der Waals surface area contributed by atoms with E-state index < -0.39 is 0 Å². The lowest BCUT2D eigenvalue weighted by Crippen LogP contribution is -2.26. The van der Waals surface area contributed by atoms with Gasteiger partial charge in [0.2, 0.25) is 0 Å². The number of benzene rings is 1. The maximum absolute atomic E-state index is 6.14. The van der Waals surface area contributed by atoms with Gasteiger partial charge in [-0.15, -0.1) is 0 Å². The number of aryl methyl sites for hydroxylation is 1. The second-order valence-corrected chi connectivity index (χ2v) is 6.44. The molecule has 1 aromatic carbocycles. The molecule has 0 aliphatic carbocycles. The zero-order valence-electron chi connectivity index (χ0n) is 13.5. The van der Waals surface area contributed by atoms with Crippen LogP contribution in [0.1, 0.15) is 26.6 Å². The summed E-state index contributed by atoms with van der Waals surface area (Å²) in [5.41, 5.74) is 0.771. The van der Waals surface area contributed by atoms with Crippen molar-refractivity contribution >= 4 is 28.9 Å². The van der Waals surface area contributed by atoms with E-state index in [1.54, 1.807) is 13.2 Å². The fourth-order valence-electron chi connectivity index (χ4n) is 1.97. The highest BCUT2D eigenvalue weighted by atomic mass is 35.5. The third-order valence-corrected chi connectivity index (χ3v) is 3.06. The first kappa shape index (κ1) is 16.4. The van der Waals surface area contributed by atoms with E-state index in [1.165, 1.54) is 0 Å². The average molecular weight is 321 g/mol. The van der Waals surface area contributed by atoms with Gasteiger partial charge < -0.3 is 15.4 Å². The molecule has 2 N–H and O–H groups in total. The summed E-state index contributed by atoms with van der Waals surface area (Å²) >= 11 is 6.14. The van der Waals surface area contributed by atoms with E-state index in [9.17, 15) is 0 Å². The Kier molecular flexibility index (Phi) is 4.76. The van der Waals surface area contributed by atoms with Crippen molar-refractivity contribution in [2.45, 2.75) is 33.2 Å². The van der Waals surface area contributed by atoms with Crippen LogP contribution < -0.4 is 15.4 Å². The molecule has 1 aromatic heterocycles. The molecule has 0 atom stereocenters. The minimum atomic E-state index is -0.0680. The van der Waals surface area contributed by atoms with E-state index in [0.29, 0.717) is 22.4 Å². The lowest BCUT2D eigenvalue weighted by molar-refractivity contribution is 0.415. The van der Waals surface area contributed by atoms with Gasteiger partial charge in [0, 0.05) is 17.3 Å². The fourth-order valence-corrected chi connectivity index (χ4v) is 2.23. The Balaban J connectivity index is 2.24. The smallest absolute Gasteiger partial charge is 0.137 e. The number of anilines is 3.